The van der Waals surface area contributed by atoms with Gasteiger partial charge in [0.15, 0.2) is 0 Å². The third kappa shape index (κ3) is 2.39. The Morgan fingerprint density at radius 3 is 3.00 bits per heavy atom. The molecule has 0 spiro atoms. The molecule has 1 rings (SSSR count). The van der Waals surface area contributed by atoms with Crippen LogP contribution < -0.4 is 5.32 Å². The van der Waals surface area contributed by atoms with Crippen molar-refractivity contribution in [2.45, 2.75) is 25.8 Å². The van der Waals surface area contributed by atoms with Crippen molar-refractivity contribution >= 4 is 10.8 Å². The van der Waals surface area contributed by atoms with Crippen LogP contribution in [0.5, 0.6) is 0 Å². The van der Waals surface area contributed by atoms with Crippen molar-refractivity contribution in [3.05, 3.63) is 0 Å². The molecule has 0 aromatic rings. The first kappa shape index (κ1) is 8.21. The maximum atomic E-state index is 11.0. The summed E-state index contributed by atoms with van der Waals surface area (Å²) in [6.07, 6.45) is 2.47. The van der Waals surface area contributed by atoms with Gasteiger partial charge in [-0.3, -0.25) is 4.21 Å². The predicted molar refractivity (Wildman–Crippen MR) is 44.6 cm³/mol. The topological polar surface area (TPSA) is 29.1 Å². The Balaban J connectivity index is 2.17. The minimum Gasteiger partial charge on any atom is -0.313 e. The highest BCUT2D eigenvalue weighted by Crippen LogP contribution is 2.05. The van der Waals surface area contributed by atoms with Crippen LogP contribution in [0.25, 0.3) is 0 Å². The molecule has 1 aliphatic heterocycles. The summed E-state index contributed by atoms with van der Waals surface area (Å²) >= 11 is 0. The van der Waals surface area contributed by atoms with Gasteiger partial charge in [-0.15, -0.1) is 0 Å². The van der Waals surface area contributed by atoms with Crippen LogP contribution in [0.1, 0.15) is 19.8 Å². The average molecular weight is 161 g/mol. The van der Waals surface area contributed by atoms with E-state index in [0.29, 0.717) is 6.04 Å². The fourth-order valence-corrected chi connectivity index (χ4v) is 2.21. The number of hydrogen-bond acceptors (Lipinski definition) is 2. The van der Waals surface area contributed by atoms with Gasteiger partial charge in [-0.05, 0) is 19.4 Å². The van der Waals surface area contributed by atoms with Crippen LogP contribution in [0.2, 0.25) is 0 Å². The van der Waals surface area contributed by atoms with Gasteiger partial charge in [0.25, 0.3) is 0 Å². The molecule has 1 fully saturated rings. The second-order valence-corrected chi connectivity index (χ2v) is 4.48. The molecule has 0 aliphatic carbocycles. The van der Waals surface area contributed by atoms with Crippen molar-refractivity contribution in [3.8, 4) is 0 Å². The van der Waals surface area contributed by atoms with Gasteiger partial charge in [-0.2, -0.15) is 0 Å². The summed E-state index contributed by atoms with van der Waals surface area (Å²) in [7, 11) is -0.579. The van der Waals surface area contributed by atoms with E-state index in [1.165, 1.54) is 12.8 Å². The number of rotatable bonds is 3. The summed E-state index contributed by atoms with van der Waals surface area (Å²) in [5, 5.41) is 3.33. The minimum absolute atomic E-state index is 0.542. The van der Waals surface area contributed by atoms with Crippen LogP contribution in [0.15, 0.2) is 0 Å². The molecule has 2 atom stereocenters. The normalized spacial score (nSPS) is 28.7. The van der Waals surface area contributed by atoms with Crippen molar-refractivity contribution in [2.24, 2.45) is 0 Å². The predicted octanol–water partition coefficient (Wildman–Crippen LogP) is 0.507. The van der Waals surface area contributed by atoms with Gasteiger partial charge in [-0.25, -0.2) is 0 Å². The first-order valence-corrected chi connectivity index (χ1v) is 5.40. The maximum Gasteiger partial charge on any atom is 0.0388 e. The Bertz CT molecular complexity index is 121. The first-order valence-electron chi connectivity index (χ1n) is 3.91. The van der Waals surface area contributed by atoms with E-state index in [9.17, 15) is 4.21 Å². The first-order chi connectivity index (χ1) is 4.83. The van der Waals surface area contributed by atoms with E-state index in [4.69, 9.17) is 0 Å². The highest BCUT2D eigenvalue weighted by Gasteiger charge is 2.15. The molecule has 0 radical (unpaired) electrons. The van der Waals surface area contributed by atoms with Crippen LogP contribution >= 0.6 is 0 Å². The van der Waals surface area contributed by atoms with Crippen LogP contribution in [0, 0.1) is 0 Å². The van der Waals surface area contributed by atoms with Crippen molar-refractivity contribution < 1.29 is 4.21 Å². The lowest BCUT2D eigenvalue weighted by Crippen LogP contribution is -2.27. The highest BCUT2D eigenvalue weighted by molar-refractivity contribution is 7.84. The second kappa shape index (κ2) is 4.09. The summed E-state index contributed by atoms with van der Waals surface area (Å²) in [4.78, 5) is 0. The molecule has 3 heteroatoms. The molecule has 60 valence electrons. The van der Waals surface area contributed by atoms with Gasteiger partial charge in [0.05, 0.1) is 0 Å². The van der Waals surface area contributed by atoms with Crippen LogP contribution in [0.4, 0.5) is 0 Å². The lowest BCUT2D eigenvalue weighted by molar-refractivity contribution is 0.644. The fraction of sp³-hybridized carbons (Fsp3) is 1.00. The van der Waals surface area contributed by atoms with Gasteiger partial charge in [-0.1, -0.05) is 6.92 Å². The summed E-state index contributed by atoms with van der Waals surface area (Å²) in [6, 6.07) is 0.542. The Kier molecular flexibility index (Phi) is 3.35. The fourth-order valence-electron chi connectivity index (χ4n) is 1.24. The molecule has 1 unspecified atom stereocenters. The van der Waals surface area contributed by atoms with Crippen LogP contribution in [-0.4, -0.2) is 28.3 Å². The van der Waals surface area contributed by atoms with Crippen molar-refractivity contribution in [1.29, 1.82) is 0 Å². The zero-order chi connectivity index (χ0) is 7.40. The van der Waals surface area contributed by atoms with Crippen LogP contribution in [-0.2, 0) is 10.8 Å². The highest BCUT2D eigenvalue weighted by atomic mass is 32.2. The summed E-state index contributed by atoms with van der Waals surface area (Å²) in [6.45, 7) is 3.09. The SMILES string of the molecule is CCS(=O)C[C@@H]1CCCN1. The van der Waals surface area contributed by atoms with E-state index < -0.39 is 10.8 Å². The third-order valence-electron chi connectivity index (χ3n) is 1.87. The average Bonchev–Trinajstić information content (AvgIpc) is 2.40. The molecule has 1 aliphatic rings. The Hall–Kier alpha value is 0.110. The summed E-state index contributed by atoms with van der Waals surface area (Å²) in [5.74, 6) is 1.66. The molecular weight excluding hydrogens is 146 g/mol. The zero-order valence-electron chi connectivity index (χ0n) is 6.43. The van der Waals surface area contributed by atoms with E-state index in [2.05, 4.69) is 5.32 Å². The second-order valence-electron chi connectivity index (χ2n) is 2.69. The van der Waals surface area contributed by atoms with Gasteiger partial charge in [0, 0.05) is 28.3 Å². The van der Waals surface area contributed by atoms with Gasteiger partial charge in [0.2, 0.25) is 0 Å². The maximum absolute atomic E-state index is 11.0. The van der Waals surface area contributed by atoms with E-state index in [1.807, 2.05) is 6.92 Å². The number of hydrogen-bond donors (Lipinski definition) is 1. The molecule has 0 aromatic carbocycles. The zero-order valence-corrected chi connectivity index (χ0v) is 7.25. The molecular formula is C7H15NOS. The third-order valence-corrected chi connectivity index (χ3v) is 3.29. The lowest BCUT2D eigenvalue weighted by atomic mass is 10.3. The van der Waals surface area contributed by atoms with Gasteiger partial charge in [0.1, 0.15) is 0 Å². The van der Waals surface area contributed by atoms with Crippen molar-refractivity contribution in [2.75, 3.05) is 18.1 Å². The van der Waals surface area contributed by atoms with E-state index in [-0.39, 0.29) is 0 Å². The van der Waals surface area contributed by atoms with Gasteiger partial charge >= 0.3 is 0 Å². The monoisotopic (exact) mass is 161 g/mol. The smallest absolute Gasteiger partial charge is 0.0388 e. The van der Waals surface area contributed by atoms with Gasteiger partial charge < -0.3 is 5.32 Å². The standard InChI is InChI=1S/C7H15NOS/c1-2-10(9)6-7-4-3-5-8-7/h7-8H,2-6H2,1H3/t7-,10?/m0/s1. The Labute approximate surface area is 64.8 Å². The largest absolute Gasteiger partial charge is 0.313 e. The molecule has 1 saturated heterocycles. The van der Waals surface area contributed by atoms with E-state index >= 15 is 0 Å². The Morgan fingerprint density at radius 1 is 1.70 bits per heavy atom. The van der Waals surface area contributed by atoms with E-state index in [0.717, 1.165) is 18.1 Å². The Morgan fingerprint density at radius 2 is 2.50 bits per heavy atom. The van der Waals surface area contributed by atoms with E-state index in [1.54, 1.807) is 0 Å². The molecule has 0 aromatic heterocycles. The summed E-state index contributed by atoms with van der Waals surface area (Å²) in [5.41, 5.74) is 0. The van der Waals surface area contributed by atoms with Crippen molar-refractivity contribution in [1.82, 2.24) is 5.32 Å². The molecule has 1 N–H and O–H groups in total. The minimum atomic E-state index is -0.579. The number of nitrogens with one attached hydrogen (secondary N) is 1. The lowest BCUT2D eigenvalue weighted by Gasteiger charge is -2.07. The van der Waals surface area contributed by atoms with Crippen LogP contribution in [0.3, 0.4) is 0 Å². The molecule has 1 heterocycles. The molecule has 10 heavy (non-hydrogen) atoms. The van der Waals surface area contributed by atoms with Crippen molar-refractivity contribution in [3.63, 3.8) is 0 Å². The molecule has 0 saturated carbocycles. The molecule has 0 amide bonds. The molecule has 2 nitrogen and oxygen atoms in total. The molecule has 0 bridgehead atoms. The summed E-state index contributed by atoms with van der Waals surface area (Å²) < 4.78 is 11.0. The quantitative estimate of drug-likeness (QED) is 0.653.